The van der Waals surface area contributed by atoms with E-state index in [0.29, 0.717) is 29.1 Å². The van der Waals surface area contributed by atoms with Crippen LogP contribution in [0, 0.1) is 5.82 Å². The zero-order valence-corrected chi connectivity index (χ0v) is 16.3. The number of halogens is 1. The first-order valence-electron chi connectivity index (χ1n) is 8.82. The largest absolute Gasteiger partial charge is 0.322 e. The second kappa shape index (κ2) is 7.93. The molecule has 3 aromatic rings. The Kier molecular flexibility index (Phi) is 5.60. The summed E-state index contributed by atoms with van der Waals surface area (Å²) in [5.74, 6) is -0.682. The van der Waals surface area contributed by atoms with Crippen molar-refractivity contribution in [1.82, 2.24) is 9.78 Å². The molecule has 0 atom stereocenters. The Balaban J connectivity index is 1.84. The van der Waals surface area contributed by atoms with Crippen molar-refractivity contribution in [2.24, 2.45) is 0 Å². The Morgan fingerprint density at radius 1 is 1.07 bits per heavy atom. The monoisotopic (exact) mass is 401 g/mol. The zero-order chi connectivity index (χ0) is 20.3. The topological polar surface area (TPSA) is 81.1 Å². The number of hydrogen-bond donors (Lipinski definition) is 1. The molecule has 0 saturated carbocycles. The molecule has 0 unspecified atom stereocenters. The molecule has 1 heterocycles. The van der Waals surface area contributed by atoms with Crippen LogP contribution in [-0.2, 0) is 16.3 Å². The molecule has 0 aliphatic heterocycles. The number of aromatic nitrogens is 2. The lowest BCUT2D eigenvalue weighted by molar-refractivity contribution is 0.102. The van der Waals surface area contributed by atoms with Crippen LogP contribution in [0.4, 0.5) is 10.1 Å². The van der Waals surface area contributed by atoms with Gasteiger partial charge in [0.05, 0.1) is 33.8 Å². The Labute approximate surface area is 162 Å². The van der Waals surface area contributed by atoms with Gasteiger partial charge in [0.2, 0.25) is 0 Å². The lowest BCUT2D eigenvalue weighted by atomic mass is 10.2. The van der Waals surface area contributed by atoms with Crippen molar-refractivity contribution in [2.75, 3.05) is 11.1 Å². The predicted octanol–water partition coefficient (Wildman–Crippen LogP) is 3.62. The Hall–Kier alpha value is -3.00. The Morgan fingerprint density at radius 3 is 2.29 bits per heavy atom. The number of sulfone groups is 1. The summed E-state index contributed by atoms with van der Waals surface area (Å²) < 4.78 is 38.5. The molecule has 1 N–H and O–H groups in total. The van der Waals surface area contributed by atoms with E-state index in [4.69, 9.17) is 0 Å². The second-order valence-electron chi connectivity index (χ2n) is 6.13. The van der Waals surface area contributed by atoms with Gasteiger partial charge in [-0.2, -0.15) is 5.10 Å². The summed E-state index contributed by atoms with van der Waals surface area (Å²) in [5.41, 5.74) is 2.23. The first-order chi connectivity index (χ1) is 13.4. The van der Waals surface area contributed by atoms with E-state index in [0.717, 1.165) is 0 Å². The molecule has 146 valence electrons. The molecule has 0 saturated heterocycles. The minimum absolute atomic E-state index is 0.0150. The second-order valence-corrected chi connectivity index (χ2v) is 8.41. The van der Waals surface area contributed by atoms with Gasteiger partial charge >= 0.3 is 0 Å². The van der Waals surface area contributed by atoms with Gasteiger partial charge in [-0.1, -0.05) is 13.8 Å². The molecule has 8 heteroatoms. The molecule has 0 spiro atoms. The summed E-state index contributed by atoms with van der Waals surface area (Å²) >= 11 is 0. The molecule has 28 heavy (non-hydrogen) atoms. The van der Waals surface area contributed by atoms with E-state index < -0.39 is 9.84 Å². The highest BCUT2D eigenvalue weighted by atomic mass is 32.2. The molecule has 0 aliphatic rings. The van der Waals surface area contributed by atoms with Crippen LogP contribution in [-0.4, -0.2) is 29.9 Å². The van der Waals surface area contributed by atoms with Crippen molar-refractivity contribution < 1.29 is 17.6 Å². The summed E-state index contributed by atoms with van der Waals surface area (Å²) in [6, 6.07) is 11.9. The molecular formula is C20H20FN3O3S. The van der Waals surface area contributed by atoms with Crippen LogP contribution < -0.4 is 5.32 Å². The summed E-state index contributed by atoms with van der Waals surface area (Å²) in [6.45, 7) is 3.48. The lowest BCUT2D eigenvalue weighted by Crippen LogP contribution is -2.14. The highest BCUT2D eigenvalue weighted by Crippen LogP contribution is 2.19. The van der Waals surface area contributed by atoms with Crippen molar-refractivity contribution in [1.29, 1.82) is 0 Å². The van der Waals surface area contributed by atoms with Crippen LogP contribution in [0.15, 0.2) is 59.6 Å². The number of rotatable bonds is 6. The van der Waals surface area contributed by atoms with Gasteiger partial charge in [-0.3, -0.25) is 4.79 Å². The van der Waals surface area contributed by atoms with Crippen molar-refractivity contribution in [2.45, 2.75) is 25.2 Å². The summed E-state index contributed by atoms with van der Waals surface area (Å²) in [7, 11) is -3.29. The van der Waals surface area contributed by atoms with Crippen LogP contribution in [0.3, 0.4) is 0 Å². The molecule has 0 aliphatic carbocycles. The minimum Gasteiger partial charge on any atom is -0.322 e. The molecule has 0 bridgehead atoms. The average molecular weight is 401 g/mol. The van der Waals surface area contributed by atoms with Gasteiger partial charge in [0.25, 0.3) is 5.91 Å². The molecule has 3 rings (SSSR count). The van der Waals surface area contributed by atoms with E-state index in [1.165, 1.54) is 30.5 Å². The number of nitrogens with zero attached hydrogens (tertiary/aromatic N) is 2. The number of amides is 1. The first-order valence-corrected chi connectivity index (χ1v) is 10.5. The first kappa shape index (κ1) is 19.8. The van der Waals surface area contributed by atoms with E-state index >= 15 is 0 Å². The fraction of sp³-hybridized carbons (Fsp3) is 0.200. The van der Waals surface area contributed by atoms with Gasteiger partial charge in [-0.15, -0.1) is 0 Å². The highest BCUT2D eigenvalue weighted by Gasteiger charge is 2.18. The maximum Gasteiger partial charge on any atom is 0.259 e. The van der Waals surface area contributed by atoms with E-state index in [9.17, 15) is 17.6 Å². The van der Waals surface area contributed by atoms with Crippen molar-refractivity contribution in [3.8, 4) is 5.69 Å². The number of carbonyl (C=O) groups excluding carboxylic acids is 1. The zero-order valence-electron chi connectivity index (χ0n) is 15.5. The summed E-state index contributed by atoms with van der Waals surface area (Å²) in [5, 5.41) is 7.02. The van der Waals surface area contributed by atoms with Crippen LogP contribution in [0.2, 0.25) is 0 Å². The van der Waals surface area contributed by atoms with Gasteiger partial charge in [0, 0.05) is 5.69 Å². The van der Waals surface area contributed by atoms with Crippen molar-refractivity contribution >= 4 is 21.4 Å². The van der Waals surface area contributed by atoms with E-state index in [1.54, 1.807) is 35.9 Å². The number of carbonyl (C=O) groups is 1. The van der Waals surface area contributed by atoms with Crippen LogP contribution in [0.5, 0.6) is 0 Å². The maximum atomic E-state index is 13.2. The van der Waals surface area contributed by atoms with Crippen LogP contribution >= 0.6 is 0 Å². The average Bonchev–Trinajstić information content (AvgIpc) is 3.13. The van der Waals surface area contributed by atoms with Gasteiger partial charge in [0.1, 0.15) is 5.82 Å². The fourth-order valence-electron chi connectivity index (χ4n) is 2.82. The van der Waals surface area contributed by atoms with Gasteiger partial charge in [-0.25, -0.2) is 17.5 Å². The van der Waals surface area contributed by atoms with E-state index in [-0.39, 0.29) is 22.4 Å². The molecule has 1 amide bonds. The van der Waals surface area contributed by atoms with Gasteiger partial charge in [0.15, 0.2) is 9.84 Å². The standard InChI is InChI=1S/C20H20FN3O3S/c1-3-19-18(13-22-24(19)16-9-5-14(21)6-10-16)20(25)23-15-7-11-17(12-8-15)28(26,27)4-2/h5-13H,3-4H2,1-2H3,(H,23,25). The van der Waals surface area contributed by atoms with E-state index in [1.807, 2.05) is 6.92 Å². The smallest absolute Gasteiger partial charge is 0.259 e. The van der Waals surface area contributed by atoms with Gasteiger partial charge in [-0.05, 0) is 55.0 Å². The molecule has 6 nitrogen and oxygen atoms in total. The molecule has 1 aromatic heterocycles. The third kappa shape index (κ3) is 3.96. The predicted molar refractivity (Wildman–Crippen MR) is 105 cm³/mol. The SMILES string of the molecule is CCc1c(C(=O)Nc2ccc(S(=O)(=O)CC)cc2)cnn1-c1ccc(F)cc1. The molecule has 0 fully saturated rings. The number of nitrogens with one attached hydrogen (secondary N) is 1. The van der Waals surface area contributed by atoms with Crippen LogP contribution in [0.1, 0.15) is 29.9 Å². The highest BCUT2D eigenvalue weighted by molar-refractivity contribution is 7.91. The Bertz CT molecular complexity index is 1090. The third-order valence-corrected chi connectivity index (χ3v) is 6.12. The quantitative estimate of drug-likeness (QED) is 0.684. The van der Waals surface area contributed by atoms with Gasteiger partial charge < -0.3 is 5.32 Å². The molecule has 0 radical (unpaired) electrons. The van der Waals surface area contributed by atoms with Crippen molar-refractivity contribution in [3.05, 3.63) is 71.8 Å². The summed E-state index contributed by atoms with van der Waals surface area (Å²) in [4.78, 5) is 12.9. The molecular weight excluding hydrogens is 381 g/mol. The van der Waals surface area contributed by atoms with E-state index in [2.05, 4.69) is 10.4 Å². The Morgan fingerprint density at radius 2 is 1.71 bits per heavy atom. The number of benzene rings is 2. The third-order valence-electron chi connectivity index (χ3n) is 4.37. The van der Waals surface area contributed by atoms with Crippen LogP contribution in [0.25, 0.3) is 5.69 Å². The summed E-state index contributed by atoms with van der Waals surface area (Å²) in [6.07, 6.45) is 2.02. The number of hydrogen-bond acceptors (Lipinski definition) is 4. The fourth-order valence-corrected chi connectivity index (χ4v) is 3.70. The lowest BCUT2D eigenvalue weighted by Gasteiger charge is -2.09. The number of anilines is 1. The van der Waals surface area contributed by atoms with Crippen molar-refractivity contribution in [3.63, 3.8) is 0 Å². The maximum absolute atomic E-state index is 13.2. The minimum atomic E-state index is -3.29. The molecule has 2 aromatic carbocycles. The normalized spacial score (nSPS) is 11.4.